The van der Waals surface area contributed by atoms with Crippen molar-refractivity contribution in [1.82, 2.24) is 9.47 Å². The molecule has 0 atom stereocenters. The Kier molecular flexibility index (Phi) is 5.25. The second-order valence-electron chi connectivity index (χ2n) is 4.42. The number of aromatic nitrogens is 1. The first-order valence-electron chi connectivity index (χ1n) is 6.17. The minimum Gasteiger partial charge on any atom is -0.343 e. The van der Waals surface area contributed by atoms with Crippen molar-refractivity contribution in [1.29, 1.82) is 0 Å². The molecular formula is C13H21BrN2O. The van der Waals surface area contributed by atoms with Crippen LogP contribution in [-0.4, -0.2) is 28.0 Å². The number of aryl methyl sites for hydroxylation is 1. The summed E-state index contributed by atoms with van der Waals surface area (Å²) >= 11 is 3.43. The molecule has 0 N–H and O–H groups in total. The van der Waals surface area contributed by atoms with Crippen LogP contribution >= 0.6 is 15.9 Å². The van der Waals surface area contributed by atoms with Crippen LogP contribution in [0.15, 0.2) is 16.7 Å². The van der Waals surface area contributed by atoms with E-state index in [4.69, 9.17) is 0 Å². The van der Waals surface area contributed by atoms with E-state index in [1.807, 2.05) is 28.7 Å². The van der Waals surface area contributed by atoms with Crippen LogP contribution in [0.2, 0.25) is 0 Å². The Morgan fingerprint density at radius 1 is 1.47 bits per heavy atom. The molecule has 96 valence electrons. The molecule has 1 aromatic rings. The van der Waals surface area contributed by atoms with Crippen molar-refractivity contribution in [2.45, 2.75) is 46.7 Å². The maximum absolute atomic E-state index is 12.5. The molecule has 0 radical (unpaired) electrons. The Bertz CT molecular complexity index is 385. The maximum Gasteiger partial charge on any atom is 0.270 e. The van der Waals surface area contributed by atoms with Crippen LogP contribution in [0.1, 0.15) is 44.6 Å². The van der Waals surface area contributed by atoms with Gasteiger partial charge >= 0.3 is 0 Å². The van der Waals surface area contributed by atoms with Crippen molar-refractivity contribution in [3.05, 3.63) is 22.4 Å². The van der Waals surface area contributed by atoms with E-state index < -0.39 is 0 Å². The lowest BCUT2D eigenvalue weighted by molar-refractivity contribution is 0.0695. The molecule has 4 heteroatoms. The van der Waals surface area contributed by atoms with Gasteiger partial charge in [0.15, 0.2) is 0 Å². The van der Waals surface area contributed by atoms with E-state index in [0.29, 0.717) is 0 Å². The number of carbonyl (C=O) groups excluding carboxylic acids is 1. The molecular weight excluding hydrogens is 280 g/mol. The standard InChI is InChI=1S/C13H21BrN2O/c1-5-7-16(10(3)4)13(17)12-8-11(14)9-15(12)6-2/h8-10H,5-7H2,1-4H3. The number of hydrogen-bond donors (Lipinski definition) is 0. The quantitative estimate of drug-likeness (QED) is 0.816. The van der Waals surface area contributed by atoms with Gasteiger partial charge in [-0.25, -0.2) is 0 Å². The molecule has 1 aromatic heterocycles. The Balaban J connectivity index is 3.00. The highest BCUT2D eigenvalue weighted by Crippen LogP contribution is 2.18. The summed E-state index contributed by atoms with van der Waals surface area (Å²) in [6.45, 7) is 9.87. The zero-order valence-electron chi connectivity index (χ0n) is 11.0. The highest BCUT2D eigenvalue weighted by atomic mass is 79.9. The predicted octanol–water partition coefficient (Wildman–Crippen LogP) is 3.53. The highest BCUT2D eigenvalue weighted by Gasteiger charge is 2.21. The number of amides is 1. The molecule has 1 amide bonds. The van der Waals surface area contributed by atoms with E-state index in [9.17, 15) is 4.79 Å². The molecule has 0 aliphatic heterocycles. The van der Waals surface area contributed by atoms with E-state index in [1.54, 1.807) is 0 Å². The van der Waals surface area contributed by atoms with Gasteiger partial charge in [0.2, 0.25) is 0 Å². The topological polar surface area (TPSA) is 25.2 Å². The van der Waals surface area contributed by atoms with Gasteiger partial charge < -0.3 is 9.47 Å². The average Bonchev–Trinajstić information content (AvgIpc) is 2.66. The minimum atomic E-state index is 0.120. The zero-order chi connectivity index (χ0) is 13.0. The summed E-state index contributed by atoms with van der Waals surface area (Å²) in [5, 5.41) is 0. The van der Waals surface area contributed by atoms with Crippen LogP contribution < -0.4 is 0 Å². The lowest BCUT2D eigenvalue weighted by Gasteiger charge is -2.26. The van der Waals surface area contributed by atoms with Crippen LogP contribution in [0.25, 0.3) is 0 Å². The van der Waals surface area contributed by atoms with E-state index in [-0.39, 0.29) is 11.9 Å². The van der Waals surface area contributed by atoms with Crippen molar-refractivity contribution < 1.29 is 4.79 Å². The molecule has 0 fully saturated rings. The molecule has 0 aliphatic carbocycles. The van der Waals surface area contributed by atoms with Crippen LogP contribution in [-0.2, 0) is 6.54 Å². The van der Waals surface area contributed by atoms with Crippen LogP contribution in [0, 0.1) is 0 Å². The van der Waals surface area contributed by atoms with Gasteiger partial charge in [0.25, 0.3) is 5.91 Å². The molecule has 1 heterocycles. The monoisotopic (exact) mass is 300 g/mol. The first-order chi connectivity index (χ1) is 8.01. The summed E-state index contributed by atoms with van der Waals surface area (Å²) in [5.74, 6) is 0.120. The maximum atomic E-state index is 12.5. The van der Waals surface area contributed by atoms with Crippen molar-refractivity contribution in [2.75, 3.05) is 6.54 Å². The first-order valence-corrected chi connectivity index (χ1v) is 6.97. The zero-order valence-corrected chi connectivity index (χ0v) is 12.6. The SMILES string of the molecule is CCCN(C(=O)c1cc(Br)cn1CC)C(C)C. The first kappa shape index (κ1) is 14.3. The fourth-order valence-corrected chi connectivity index (χ4v) is 2.36. The molecule has 0 unspecified atom stereocenters. The Morgan fingerprint density at radius 2 is 2.12 bits per heavy atom. The highest BCUT2D eigenvalue weighted by molar-refractivity contribution is 9.10. The molecule has 0 spiro atoms. The summed E-state index contributed by atoms with van der Waals surface area (Å²) < 4.78 is 2.94. The normalized spacial score (nSPS) is 10.9. The van der Waals surface area contributed by atoms with Gasteiger partial charge in [0.05, 0.1) is 0 Å². The van der Waals surface area contributed by atoms with E-state index in [1.165, 1.54) is 0 Å². The fourth-order valence-electron chi connectivity index (χ4n) is 1.90. The van der Waals surface area contributed by atoms with E-state index in [0.717, 1.165) is 29.7 Å². The largest absolute Gasteiger partial charge is 0.343 e. The van der Waals surface area contributed by atoms with Gasteiger partial charge in [-0.05, 0) is 49.2 Å². The average molecular weight is 301 g/mol. The number of nitrogens with zero attached hydrogens (tertiary/aromatic N) is 2. The number of carbonyl (C=O) groups is 1. The number of hydrogen-bond acceptors (Lipinski definition) is 1. The summed E-state index contributed by atoms with van der Waals surface area (Å²) in [6, 6.07) is 2.14. The molecule has 17 heavy (non-hydrogen) atoms. The van der Waals surface area contributed by atoms with Crippen LogP contribution in [0.4, 0.5) is 0 Å². The fraction of sp³-hybridized carbons (Fsp3) is 0.615. The molecule has 3 nitrogen and oxygen atoms in total. The predicted molar refractivity (Wildman–Crippen MR) is 74.3 cm³/mol. The minimum absolute atomic E-state index is 0.120. The van der Waals surface area contributed by atoms with Crippen molar-refractivity contribution in [2.24, 2.45) is 0 Å². The summed E-state index contributed by atoms with van der Waals surface area (Å²) in [5.41, 5.74) is 0.765. The molecule has 1 rings (SSSR count). The summed E-state index contributed by atoms with van der Waals surface area (Å²) in [7, 11) is 0. The third kappa shape index (κ3) is 3.35. The molecule has 0 aliphatic rings. The summed E-state index contributed by atoms with van der Waals surface area (Å²) in [4.78, 5) is 14.4. The Morgan fingerprint density at radius 3 is 2.59 bits per heavy atom. The van der Waals surface area contributed by atoms with Crippen molar-refractivity contribution in [3.8, 4) is 0 Å². The van der Waals surface area contributed by atoms with Gasteiger partial charge in [0.1, 0.15) is 5.69 Å². The molecule has 0 bridgehead atoms. The van der Waals surface area contributed by atoms with Gasteiger partial charge in [-0.1, -0.05) is 6.92 Å². The molecule has 0 aromatic carbocycles. The Labute approximate surface area is 112 Å². The van der Waals surface area contributed by atoms with Crippen LogP contribution in [0.5, 0.6) is 0 Å². The van der Waals surface area contributed by atoms with E-state index in [2.05, 4.69) is 36.7 Å². The Hall–Kier alpha value is -0.770. The van der Waals surface area contributed by atoms with Gasteiger partial charge in [0, 0.05) is 29.8 Å². The molecule has 0 saturated carbocycles. The second-order valence-corrected chi connectivity index (χ2v) is 5.34. The van der Waals surface area contributed by atoms with E-state index >= 15 is 0 Å². The third-order valence-corrected chi connectivity index (χ3v) is 3.21. The second kappa shape index (κ2) is 6.24. The number of rotatable bonds is 5. The molecule has 0 saturated heterocycles. The lowest BCUT2D eigenvalue weighted by atomic mass is 10.2. The van der Waals surface area contributed by atoms with Gasteiger partial charge in [-0.3, -0.25) is 4.79 Å². The van der Waals surface area contributed by atoms with Gasteiger partial charge in [-0.15, -0.1) is 0 Å². The smallest absolute Gasteiger partial charge is 0.270 e. The van der Waals surface area contributed by atoms with Gasteiger partial charge in [-0.2, -0.15) is 0 Å². The lowest BCUT2D eigenvalue weighted by Crippen LogP contribution is -2.38. The third-order valence-electron chi connectivity index (χ3n) is 2.77. The van der Waals surface area contributed by atoms with Crippen LogP contribution in [0.3, 0.4) is 0 Å². The summed E-state index contributed by atoms with van der Waals surface area (Å²) in [6.07, 6.45) is 2.94. The van der Waals surface area contributed by atoms with Crippen molar-refractivity contribution >= 4 is 21.8 Å². The number of halogens is 1. The van der Waals surface area contributed by atoms with Crippen molar-refractivity contribution in [3.63, 3.8) is 0 Å².